The third-order valence-electron chi connectivity index (χ3n) is 3.53. The highest BCUT2D eigenvalue weighted by Gasteiger charge is 2.18. The van der Waals surface area contributed by atoms with E-state index >= 15 is 0 Å². The van der Waals surface area contributed by atoms with E-state index in [1.165, 1.54) is 0 Å². The first-order valence-electron chi connectivity index (χ1n) is 6.61. The smallest absolute Gasteiger partial charge is 0.261 e. The van der Waals surface area contributed by atoms with Crippen LogP contribution in [0, 0.1) is 6.92 Å². The summed E-state index contributed by atoms with van der Waals surface area (Å²) in [7, 11) is -3.61. The van der Waals surface area contributed by atoms with E-state index in [2.05, 4.69) is 10.0 Å². The zero-order chi connectivity index (χ0) is 15.0. The largest absolute Gasteiger partial charge is 0.384 e. The van der Waals surface area contributed by atoms with Crippen LogP contribution in [0.4, 0.5) is 11.4 Å². The molecule has 1 aliphatic rings. The van der Waals surface area contributed by atoms with Gasteiger partial charge in [0, 0.05) is 17.3 Å². The number of aryl methyl sites for hydroxylation is 1. The first-order chi connectivity index (χ1) is 9.95. The van der Waals surface area contributed by atoms with Crippen molar-refractivity contribution in [3.05, 3.63) is 52.5 Å². The lowest BCUT2D eigenvalue weighted by molar-refractivity contribution is 0.601. The highest BCUT2D eigenvalue weighted by Crippen LogP contribution is 2.27. The average molecular weight is 323 g/mol. The lowest BCUT2D eigenvalue weighted by Gasteiger charge is -2.10. The summed E-state index contributed by atoms with van der Waals surface area (Å²) >= 11 is 6.02. The van der Waals surface area contributed by atoms with Gasteiger partial charge in [0.05, 0.1) is 10.6 Å². The molecular weight excluding hydrogens is 308 g/mol. The highest BCUT2D eigenvalue weighted by molar-refractivity contribution is 7.92. The fourth-order valence-electron chi connectivity index (χ4n) is 2.31. The monoisotopic (exact) mass is 322 g/mol. The van der Waals surface area contributed by atoms with Gasteiger partial charge >= 0.3 is 0 Å². The molecule has 6 heteroatoms. The maximum absolute atomic E-state index is 12.4. The molecule has 4 nitrogen and oxygen atoms in total. The predicted molar refractivity (Wildman–Crippen MR) is 85.6 cm³/mol. The van der Waals surface area contributed by atoms with Gasteiger partial charge in [0.2, 0.25) is 0 Å². The molecule has 1 heterocycles. The van der Waals surface area contributed by atoms with E-state index in [9.17, 15) is 8.42 Å². The Morgan fingerprint density at radius 2 is 2.00 bits per heavy atom. The Morgan fingerprint density at radius 3 is 2.76 bits per heavy atom. The van der Waals surface area contributed by atoms with Gasteiger partial charge < -0.3 is 5.32 Å². The minimum Gasteiger partial charge on any atom is -0.384 e. The van der Waals surface area contributed by atoms with Crippen LogP contribution in [0.1, 0.15) is 11.1 Å². The lowest BCUT2D eigenvalue weighted by atomic mass is 10.2. The Hall–Kier alpha value is -1.72. The van der Waals surface area contributed by atoms with E-state index in [0.29, 0.717) is 10.7 Å². The molecule has 0 saturated heterocycles. The van der Waals surface area contributed by atoms with Crippen LogP contribution in [0.2, 0.25) is 5.02 Å². The Balaban J connectivity index is 1.91. The van der Waals surface area contributed by atoms with E-state index in [1.54, 1.807) is 30.3 Å². The molecule has 2 aromatic carbocycles. The van der Waals surface area contributed by atoms with Crippen LogP contribution in [0.25, 0.3) is 0 Å². The number of nitrogens with one attached hydrogen (secondary N) is 2. The highest BCUT2D eigenvalue weighted by atomic mass is 35.5. The molecule has 0 radical (unpaired) electrons. The molecule has 2 aromatic rings. The van der Waals surface area contributed by atoms with Crippen LogP contribution in [0.3, 0.4) is 0 Å². The molecule has 0 unspecified atom stereocenters. The van der Waals surface area contributed by atoms with Crippen molar-refractivity contribution in [3.8, 4) is 0 Å². The normalized spacial score (nSPS) is 13.6. The number of hydrogen-bond donors (Lipinski definition) is 2. The van der Waals surface area contributed by atoms with E-state index in [4.69, 9.17) is 11.6 Å². The summed E-state index contributed by atoms with van der Waals surface area (Å²) < 4.78 is 27.4. The minimum absolute atomic E-state index is 0.243. The molecule has 2 N–H and O–H groups in total. The summed E-state index contributed by atoms with van der Waals surface area (Å²) in [6.07, 6.45) is 0.927. The molecule has 0 bridgehead atoms. The van der Waals surface area contributed by atoms with Crippen LogP contribution in [-0.2, 0) is 16.4 Å². The molecule has 0 atom stereocenters. The van der Waals surface area contributed by atoms with Gasteiger partial charge in [-0.2, -0.15) is 0 Å². The summed E-state index contributed by atoms with van der Waals surface area (Å²) in [4.78, 5) is 0.243. The van der Waals surface area contributed by atoms with Crippen molar-refractivity contribution >= 4 is 33.0 Å². The number of rotatable bonds is 3. The van der Waals surface area contributed by atoms with Crippen molar-refractivity contribution in [2.24, 2.45) is 0 Å². The summed E-state index contributed by atoms with van der Waals surface area (Å²) in [5, 5.41) is 3.71. The Kier molecular flexibility index (Phi) is 3.55. The number of benzene rings is 2. The van der Waals surface area contributed by atoms with Gasteiger partial charge in [-0.1, -0.05) is 23.7 Å². The first kappa shape index (κ1) is 14.2. The van der Waals surface area contributed by atoms with Crippen molar-refractivity contribution in [1.29, 1.82) is 0 Å². The van der Waals surface area contributed by atoms with E-state index in [0.717, 1.165) is 29.8 Å². The van der Waals surface area contributed by atoms with Gasteiger partial charge in [0.1, 0.15) is 0 Å². The minimum atomic E-state index is -3.61. The summed E-state index contributed by atoms with van der Waals surface area (Å²) in [5.41, 5.74) is 3.40. The zero-order valence-electron chi connectivity index (χ0n) is 11.5. The van der Waals surface area contributed by atoms with E-state index in [-0.39, 0.29) is 4.90 Å². The molecule has 0 saturated carbocycles. The molecule has 0 amide bonds. The van der Waals surface area contributed by atoms with Crippen molar-refractivity contribution in [2.45, 2.75) is 18.2 Å². The van der Waals surface area contributed by atoms with Crippen molar-refractivity contribution < 1.29 is 8.42 Å². The van der Waals surface area contributed by atoms with Gasteiger partial charge in [-0.15, -0.1) is 0 Å². The molecule has 0 aromatic heterocycles. The Morgan fingerprint density at radius 1 is 1.19 bits per heavy atom. The molecule has 1 aliphatic heterocycles. The van der Waals surface area contributed by atoms with Gasteiger partial charge in [-0.25, -0.2) is 8.42 Å². The number of anilines is 2. The fraction of sp³-hybridized carbons (Fsp3) is 0.200. The summed E-state index contributed by atoms with van der Waals surface area (Å²) in [6, 6.07) is 10.2. The van der Waals surface area contributed by atoms with Crippen LogP contribution in [0.5, 0.6) is 0 Å². The molecule has 0 aliphatic carbocycles. The Bertz CT molecular complexity index is 803. The van der Waals surface area contributed by atoms with Crippen molar-refractivity contribution in [3.63, 3.8) is 0 Å². The lowest BCUT2D eigenvalue weighted by Crippen LogP contribution is -2.13. The standard InChI is InChI=1S/C15H15ClN2O2S/c1-10-2-4-12(8-14(10)16)18-21(19,20)13-5-3-11-6-7-17-15(11)9-13/h2-5,8-9,17-18H,6-7H2,1H3. The molecule has 0 spiro atoms. The second-order valence-corrected chi connectivity index (χ2v) is 7.15. The molecule has 110 valence electrons. The molecular formula is C15H15ClN2O2S. The predicted octanol–water partition coefficient (Wildman–Crippen LogP) is 3.42. The number of halogens is 1. The van der Waals surface area contributed by atoms with Gasteiger partial charge in [0.25, 0.3) is 10.0 Å². The third kappa shape index (κ3) is 2.84. The Labute approximate surface area is 129 Å². The summed E-state index contributed by atoms with van der Waals surface area (Å²) in [5.74, 6) is 0. The van der Waals surface area contributed by atoms with Crippen LogP contribution in [-0.4, -0.2) is 15.0 Å². The zero-order valence-corrected chi connectivity index (χ0v) is 13.1. The third-order valence-corrected chi connectivity index (χ3v) is 5.31. The SMILES string of the molecule is Cc1ccc(NS(=O)(=O)c2ccc3c(c2)NCC3)cc1Cl. The molecule has 21 heavy (non-hydrogen) atoms. The number of hydrogen-bond acceptors (Lipinski definition) is 3. The van der Waals surface area contributed by atoms with Crippen molar-refractivity contribution in [2.75, 3.05) is 16.6 Å². The molecule has 3 rings (SSSR count). The van der Waals surface area contributed by atoms with Gasteiger partial charge in [0.15, 0.2) is 0 Å². The maximum atomic E-state index is 12.4. The average Bonchev–Trinajstić information content (AvgIpc) is 2.90. The first-order valence-corrected chi connectivity index (χ1v) is 8.47. The van der Waals surface area contributed by atoms with Crippen LogP contribution in [0.15, 0.2) is 41.3 Å². The molecule has 0 fully saturated rings. The van der Waals surface area contributed by atoms with Crippen LogP contribution < -0.4 is 10.0 Å². The van der Waals surface area contributed by atoms with E-state index < -0.39 is 10.0 Å². The van der Waals surface area contributed by atoms with Gasteiger partial charge in [-0.05, 0) is 48.7 Å². The van der Waals surface area contributed by atoms with Crippen LogP contribution >= 0.6 is 11.6 Å². The van der Waals surface area contributed by atoms with E-state index in [1.807, 2.05) is 13.0 Å². The second-order valence-electron chi connectivity index (χ2n) is 5.07. The fourth-order valence-corrected chi connectivity index (χ4v) is 3.56. The quantitative estimate of drug-likeness (QED) is 0.910. The number of fused-ring (bicyclic) bond motifs is 1. The number of sulfonamides is 1. The maximum Gasteiger partial charge on any atom is 0.261 e. The summed E-state index contributed by atoms with van der Waals surface area (Å²) in [6.45, 7) is 2.71. The van der Waals surface area contributed by atoms with Crippen molar-refractivity contribution in [1.82, 2.24) is 0 Å². The second kappa shape index (κ2) is 5.24. The topological polar surface area (TPSA) is 58.2 Å². The van der Waals surface area contributed by atoms with Gasteiger partial charge in [-0.3, -0.25) is 4.72 Å².